The molecule has 20 heavy (non-hydrogen) atoms. The van der Waals surface area contributed by atoms with Crippen LogP contribution in [0.3, 0.4) is 0 Å². The van der Waals surface area contributed by atoms with Crippen molar-refractivity contribution in [2.75, 3.05) is 5.32 Å². The van der Waals surface area contributed by atoms with Crippen LogP contribution in [0, 0.1) is 0 Å². The monoisotopic (exact) mass is 347 g/mol. The predicted molar refractivity (Wildman–Crippen MR) is 83.5 cm³/mol. The van der Waals surface area contributed by atoms with Gasteiger partial charge in [0.05, 0.1) is 15.7 Å². The highest BCUT2D eigenvalue weighted by molar-refractivity contribution is 9.11. The van der Waals surface area contributed by atoms with Gasteiger partial charge in [-0.2, -0.15) is 0 Å². The van der Waals surface area contributed by atoms with Crippen LogP contribution in [0.2, 0.25) is 0 Å². The van der Waals surface area contributed by atoms with Gasteiger partial charge in [0.1, 0.15) is 0 Å². The van der Waals surface area contributed by atoms with Crippen LogP contribution in [0.25, 0.3) is 5.69 Å². The largest absolute Gasteiger partial charge is 0.322 e. The Balaban J connectivity index is 1.74. The maximum atomic E-state index is 12.0. The fourth-order valence-electron chi connectivity index (χ4n) is 1.76. The first kappa shape index (κ1) is 13.1. The Morgan fingerprint density at radius 3 is 2.70 bits per heavy atom. The number of hydrogen-bond acceptors (Lipinski definition) is 3. The van der Waals surface area contributed by atoms with Crippen molar-refractivity contribution in [3.63, 3.8) is 0 Å². The van der Waals surface area contributed by atoms with Crippen molar-refractivity contribution in [2.45, 2.75) is 0 Å². The molecule has 1 amide bonds. The first-order valence-corrected chi connectivity index (χ1v) is 7.53. The van der Waals surface area contributed by atoms with Gasteiger partial charge < -0.3 is 9.88 Å². The summed E-state index contributed by atoms with van der Waals surface area (Å²) in [6.07, 6.45) is 5.33. The smallest absolute Gasteiger partial charge is 0.256 e. The first-order valence-electron chi connectivity index (χ1n) is 5.86. The van der Waals surface area contributed by atoms with Crippen LogP contribution < -0.4 is 5.32 Å². The van der Waals surface area contributed by atoms with Crippen LogP contribution in [-0.4, -0.2) is 15.5 Å². The number of rotatable bonds is 3. The van der Waals surface area contributed by atoms with Gasteiger partial charge in [-0.05, 0) is 46.3 Å². The highest BCUT2D eigenvalue weighted by atomic mass is 79.9. The van der Waals surface area contributed by atoms with Crippen LogP contribution in [0.5, 0.6) is 0 Å². The summed E-state index contributed by atoms with van der Waals surface area (Å²) in [6, 6.07) is 9.41. The number of amides is 1. The summed E-state index contributed by atoms with van der Waals surface area (Å²) in [6.45, 7) is 0. The SMILES string of the molecule is O=C(Nc1ccc(-n2ccnc2)cc1)c1csc(Br)c1. The highest BCUT2D eigenvalue weighted by Crippen LogP contribution is 2.22. The minimum absolute atomic E-state index is 0.109. The summed E-state index contributed by atoms with van der Waals surface area (Å²) in [5.41, 5.74) is 2.42. The molecule has 0 saturated carbocycles. The quantitative estimate of drug-likeness (QED) is 0.779. The van der Waals surface area contributed by atoms with E-state index in [1.54, 1.807) is 18.6 Å². The van der Waals surface area contributed by atoms with Crippen molar-refractivity contribution in [2.24, 2.45) is 0 Å². The molecule has 0 atom stereocenters. The zero-order chi connectivity index (χ0) is 13.9. The molecule has 0 bridgehead atoms. The van der Waals surface area contributed by atoms with Crippen molar-refractivity contribution in [1.29, 1.82) is 0 Å². The van der Waals surface area contributed by atoms with Gasteiger partial charge >= 0.3 is 0 Å². The van der Waals surface area contributed by atoms with Gasteiger partial charge in [0.2, 0.25) is 0 Å². The number of hydrogen-bond donors (Lipinski definition) is 1. The minimum atomic E-state index is -0.109. The van der Waals surface area contributed by atoms with E-state index in [1.165, 1.54) is 11.3 Å². The summed E-state index contributed by atoms with van der Waals surface area (Å²) < 4.78 is 2.85. The van der Waals surface area contributed by atoms with Gasteiger partial charge in [0.15, 0.2) is 0 Å². The van der Waals surface area contributed by atoms with Crippen molar-refractivity contribution >= 4 is 38.9 Å². The minimum Gasteiger partial charge on any atom is -0.322 e. The molecular formula is C14H10BrN3OS. The number of halogens is 1. The number of aromatic nitrogens is 2. The third kappa shape index (κ3) is 2.81. The Labute approximate surface area is 128 Å². The predicted octanol–water partition coefficient (Wildman–Crippen LogP) is 3.95. The summed E-state index contributed by atoms with van der Waals surface area (Å²) >= 11 is 4.84. The van der Waals surface area contributed by atoms with Crippen molar-refractivity contribution < 1.29 is 4.79 Å². The third-order valence-corrected chi connectivity index (χ3v) is 4.26. The van der Waals surface area contributed by atoms with Crippen LogP contribution in [0.15, 0.2) is 58.2 Å². The molecule has 0 aliphatic rings. The Bertz CT molecular complexity index is 719. The number of carbonyl (C=O) groups excluding carboxylic acids is 1. The molecule has 2 heterocycles. The van der Waals surface area contributed by atoms with E-state index in [1.807, 2.05) is 40.4 Å². The maximum absolute atomic E-state index is 12.0. The molecule has 0 aliphatic carbocycles. The number of nitrogens with one attached hydrogen (secondary N) is 1. The summed E-state index contributed by atoms with van der Waals surface area (Å²) in [4.78, 5) is 16.0. The molecule has 1 aromatic carbocycles. The summed E-state index contributed by atoms with van der Waals surface area (Å²) in [5, 5.41) is 4.68. The normalized spacial score (nSPS) is 10.4. The van der Waals surface area contributed by atoms with Crippen LogP contribution in [-0.2, 0) is 0 Å². The Hall–Kier alpha value is -1.92. The molecular weight excluding hydrogens is 338 g/mol. The zero-order valence-corrected chi connectivity index (χ0v) is 12.7. The molecule has 0 radical (unpaired) electrons. The Morgan fingerprint density at radius 1 is 1.30 bits per heavy atom. The number of anilines is 1. The zero-order valence-electron chi connectivity index (χ0n) is 10.3. The number of thiophene rings is 1. The Morgan fingerprint density at radius 2 is 2.10 bits per heavy atom. The first-order chi connectivity index (χ1) is 9.72. The molecule has 0 fully saturated rings. The van der Waals surface area contributed by atoms with Crippen LogP contribution >= 0.6 is 27.3 Å². The molecule has 100 valence electrons. The van der Waals surface area contributed by atoms with Crippen molar-refractivity contribution in [3.8, 4) is 5.69 Å². The lowest BCUT2D eigenvalue weighted by Gasteiger charge is -2.06. The lowest BCUT2D eigenvalue weighted by molar-refractivity contribution is 0.102. The van der Waals surface area contributed by atoms with E-state index in [9.17, 15) is 4.79 Å². The van der Waals surface area contributed by atoms with Crippen LogP contribution in [0.1, 0.15) is 10.4 Å². The van der Waals surface area contributed by atoms with Gasteiger partial charge in [-0.15, -0.1) is 11.3 Å². The molecule has 2 aromatic heterocycles. The van der Waals surface area contributed by atoms with Gasteiger partial charge in [-0.3, -0.25) is 4.79 Å². The summed E-state index contributed by atoms with van der Waals surface area (Å²) in [7, 11) is 0. The standard InChI is InChI=1S/C14H10BrN3OS/c15-13-7-10(8-20-13)14(19)17-11-1-3-12(4-2-11)18-6-5-16-9-18/h1-9H,(H,17,19). The maximum Gasteiger partial charge on any atom is 0.256 e. The second kappa shape index (κ2) is 5.60. The molecule has 0 saturated heterocycles. The van der Waals surface area contributed by atoms with Crippen molar-refractivity contribution in [1.82, 2.24) is 9.55 Å². The molecule has 1 N–H and O–H groups in total. The molecule has 0 unspecified atom stereocenters. The second-order valence-corrected chi connectivity index (χ2v) is 6.40. The lowest BCUT2D eigenvalue weighted by Crippen LogP contribution is -2.10. The molecule has 0 aliphatic heterocycles. The molecule has 6 heteroatoms. The number of nitrogens with zero attached hydrogens (tertiary/aromatic N) is 2. The fraction of sp³-hybridized carbons (Fsp3) is 0. The van der Waals surface area contributed by atoms with E-state index >= 15 is 0 Å². The van der Waals surface area contributed by atoms with Gasteiger partial charge in [0, 0.05) is 29.1 Å². The fourth-order valence-corrected chi connectivity index (χ4v) is 2.90. The van der Waals surface area contributed by atoms with E-state index in [4.69, 9.17) is 0 Å². The van der Waals surface area contributed by atoms with E-state index in [0.717, 1.165) is 15.2 Å². The van der Waals surface area contributed by atoms with Gasteiger partial charge in [0.25, 0.3) is 5.91 Å². The Kier molecular flexibility index (Phi) is 3.66. The van der Waals surface area contributed by atoms with E-state index in [0.29, 0.717) is 5.56 Å². The molecule has 4 nitrogen and oxygen atoms in total. The topological polar surface area (TPSA) is 46.9 Å². The average Bonchev–Trinajstić information content (AvgIpc) is 3.10. The third-order valence-electron chi connectivity index (χ3n) is 2.76. The molecule has 0 spiro atoms. The summed E-state index contributed by atoms with van der Waals surface area (Å²) in [5.74, 6) is -0.109. The van der Waals surface area contributed by atoms with Crippen LogP contribution in [0.4, 0.5) is 5.69 Å². The van der Waals surface area contributed by atoms with Gasteiger partial charge in [-0.25, -0.2) is 4.98 Å². The van der Waals surface area contributed by atoms with E-state index in [-0.39, 0.29) is 5.91 Å². The molecule has 3 aromatic rings. The highest BCUT2D eigenvalue weighted by Gasteiger charge is 2.08. The lowest BCUT2D eigenvalue weighted by atomic mass is 10.2. The average molecular weight is 348 g/mol. The number of imidazole rings is 1. The molecule has 3 rings (SSSR count). The second-order valence-electron chi connectivity index (χ2n) is 4.11. The van der Waals surface area contributed by atoms with Crippen molar-refractivity contribution in [3.05, 3.63) is 63.8 Å². The van der Waals surface area contributed by atoms with E-state index in [2.05, 4.69) is 26.2 Å². The van der Waals surface area contributed by atoms with E-state index < -0.39 is 0 Å². The number of carbonyl (C=O) groups is 1. The number of benzene rings is 1. The van der Waals surface area contributed by atoms with Gasteiger partial charge in [-0.1, -0.05) is 0 Å².